The van der Waals surface area contributed by atoms with E-state index in [1.807, 2.05) is 41.5 Å². The minimum Gasteiger partial charge on any atom is -0.0599 e. The summed E-state index contributed by atoms with van der Waals surface area (Å²) in [6, 6.07) is 5.01. The van der Waals surface area contributed by atoms with Gasteiger partial charge in [-0.1, -0.05) is 59.7 Å². The quantitative estimate of drug-likeness (QED) is 0.636. The second kappa shape index (κ2) is 4.24. The van der Waals surface area contributed by atoms with Gasteiger partial charge in [0.05, 0.1) is 0 Å². The van der Waals surface area contributed by atoms with Crippen LogP contribution in [0.25, 0.3) is 0 Å². The minimum atomic E-state index is -2.24. The Morgan fingerprint density at radius 1 is 1.12 bits per heavy atom. The molecule has 1 rings (SSSR count). The summed E-state index contributed by atoms with van der Waals surface area (Å²) < 4.78 is 39.9. The third-order valence-electron chi connectivity index (χ3n) is 2.35. The van der Waals surface area contributed by atoms with E-state index in [2.05, 4.69) is 0 Å². The number of hydrogen-bond acceptors (Lipinski definition) is 0. The molecule has 0 unspecified atom stereocenters. The van der Waals surface area contributed by atoms with Crippen LogP contribution in [-0.2, 0) is 11.8 Å². The summed E-state index contributed by atoms with van der Waals surface area (Å²) in [5.41, 5.74) is 0.518. The highest BCUT2D eigenvalue weighted by Crippen LogP contribution is 2.28. The molecule has 0 atom stereocenters. The number of aryl methyl sites for hydroxylation is 1. The van der Waals surface area contributed by atoms with Crippen LogP contribution < -0.4 is 0 Å². The highest BCUT2D eigenvalue weighted by atomic mass is 14.2. The van der Waals surface area contributed by atoms with Crippen LogP contribution in [0.3, 0.4) is 0 Å². The van der Waals surface area contributed by atoms with Gasteiger partial charge in [-0.25, -0.2) is 0 Å². The highest BCUT2D eigenvalue weighted by Gasteiger charge is 2.17. The molecule has 0 saturated carbocycles. The van der Waals surface area contributed by atoms with Crippen LogP contribution in [0.5, 0.6) is 0 Å². The number of benzene rings is 1. The first-order chi connectivity index (χ1) is 9.08. The molecule has 0 saturated heterocycles. The molecule has 0 fully saturated rings. The molecule has 0 amide bonds. The van der Waals surface area contributed by atoms with Crippen LogP contribution in [0.1, 0.15) is 65.1 Å². The van der Waals surface area contributed by atoms with E-state index in [1.54, 1.807) is 12.1 Å². The summed E-state index contributed by atoms with van der Waals surface area (Å²) in [6.07, 6.45) is -1.59. The zero-order chi connectivity index (χ0) is 16.9. The van der Waals surface area contributed by atoms with Crippen molar-refractivity contribution < 1.29 is 6.85 Å². The van der Waals surface area contributed by atoms with E-state index in [1.165, 1.54) is 6.07 Å². The van der Waals surface area contributed by atoms with Gasteiger partial charge in [-0.05, 0) is 40.7 Å². The van der Waals surface area contributed by atoms with Crippen molar-refractivity contribution in [1.29, 1.82) is 0 Å². The van der Waals surface area contributed by atoms with Crippen LogP contribution in [0, 0.1) is 12.3 Å². The Hall–Kier alpha value is -0.780. The highest BCUT2D eigenvalue weighted by molar-refractivity contribution is 5.35. The Balaban J connectivity index is 3.58. The molecule has 0 spiro atoms. The zero-order valence-corrected chi connectivity index (χ0v) is 11.2. The van der Waals surface area contributed by atoms with Crippen LogP contribution in [0.15, 0.2) is 18.2 Å². The van der Waals surface area contributed by atoms with E-state index in [0.717, 1.165) is 5.56 Å². The van der Waals surface area contributed by atoms with Gasteiger partial charge >= 0.3 is 0 Å². The maximum Gasteiger partial charge on any atom is 0.0321 e. The summed E-state index contributed by atoms with van der Waals surface area (Å²) >= 11 is 0. The van der Waals surface area contributed by atoms with E-state index in [0.29, 0.717) is 5.56 Å². The Bertz CT molecular complexity index is 513. The van der Waals surface area contributed by atoms with Gasteiger partial charge in [-0.15, -0.1) is 0 Å². The van der Waals surface area contributed by atoms with Gasteiger partial charge in [-0.3, -0.25) is 0 Å². The summed E-state index contributed by atoms with van der Waals surface area (Å²) in [5.74, 6) is 0. The largest absolute Gasteiger partial charge is 0.0599 e. The van der Waals surface area contributed by atoms with Crippen LogP contribution in [-0.4, -0.2) is 0 Å². The van der Waals surface area contributed by atoms with E-state index in [4.69, 9.17) is 6.85 Å². The molecule has 0 heterocycles. The maximum atomic E-state index is 8.33. The molecule has 16 heavy (non-hydrogen) atoms. The van der Waals surface area contributed by atoms with Gasteiger partial charge in [-0.2, -0.15) is 0 Å². The molecular weight excluding hydrogens is 192 g/mol. The molecule has 0 bridgehead atoms. The standard InChI is InChI=1S/C16H26/c1-12-10-13(11-15(2,3)4)8-9-14(12)16(5,6)7/h8-10H,11H2,1-7H3/i1D3,11D2. The van der Waals surface area contributed by atoms with Crippen molar-refractivity contribution in [1.82, 2.24) is 0 Å². The molecule has 0 nitrogen and oxygen atoms in total. The van der Waals surface area contributed by atoms with Crippen LogP contribution >= 0.6 is 0 Å². The predicted molar refractivity (Wildman–Crippen MR) is 73.0 cm³/mol. The Kier molecular flexibility index (Phi) is 1.99. The lowest BCUT2D eigenvalue weighted by atomic mass is 9.81. The topological polar surface area (TPSA) is 0 Å². The Morgan fingerprint density at radius 3 is 2.19 bits per heavy atom. The lowest BCUT2D eigenvalue weighted by Gasteiger charge is -2.24. The molecule has 90 valence electrons. The summed E-state index contributed by atoms with van der Waals surface area (Å²) in [6.45, 7) is 9.12. The van der Waals surface area contributed by atoms with Crippen molar-refractivity contribution in [3.63, 3.8) is 0 Å². The van der Waals surface area contributed by atoms with E-state index in [-0.39, 0.29) is 11.0 Å². The maximum absolute atomic E-state index is 8.33. The molecule has 1 aromatic carbocycles. The second-order valence-corrected chi connectivity index (χ2v) is 6.39. The first-order valence-electron chi connectivity index (χ1n) is 8.24. The smallest absolute Gasteiger partial charge is 0.0321 e. The second-order valence-electron chi connectivity index (χ2n) is 6.39. The average molecular weight is 223 g/mol. The van der Waals surface area contributed by atoms with Gasteiger partial charge in [0, 0.05) is 6.85 Å². The third-order valence-corrected chi connectivity index (χ3v) is 2.35. The molecule has 0 N–H and O–H groups in total. The van der Waals surface area contributed by atoms with Crippen molar-refractivity contribution in [3.8, 4) is 0 Å². The first kappa shape index (κ1) is 7.53. The van der Waals surface area contributed by atoms with Crippen LogP contribution in [0.4, 0.5) is 0 Å². The predicted octanol–water partition coefficient (Wildman–Crippen LogP) is 4.88. The van der Waals surface area contributed by atoms with E-state index in [9.17, 15) is 0 Å². The summed E-state index contributed by atoms with van der Waals surface area (Å²) in [4.78, 5) is 0. The molecule has 0 aromatic heterocycles. The van der Waals surface area contributed by atoms with Crippen molar-refractivity contribution >= 4 is 0 Å². The minimum absolute atomic E-state index is 0.251. The van der Waals surface area contributed by atoms with Crippen LogP contribution in [0.2, 0.25) is 0 Å². The van der Waals surface area contributed by atoms with Crippen molar-refractivity contribution in [2.24, 2.45) is 5.41 Å². The molecular formula is C16H26. The van der Waals surface area contributed by atoms with Gasteiger partial charge in [0.25, 0.3) is 0 Å². The monoisotopic (exact) mass is 223 g/mol. The fourth-order valence-electron chi connectivity index (χ4n) is 1.71. The SMILES string of the molecule is [2H]C([2H])([2H])c1cc(C([2H])([2H])C(C)(C)C)ccc1C(C)(C)C. The molecule has 0 heteroatoms. The normalized spacial score (nSPS) is 19.2. The van der Waals surface area contributed by atoms with Gasteiger partial charge < -0.3 is 0 Å². The van der Waals surface area contributed by atoms with Gasteiger partial charge in [0.1, 0.15) is 0 Å². The average Bonchev–Trinajstić information content (AvgIpc) is 2.24. The van der Waals surface area contributed by atoms with Gasteiger partial charge in [0.2, 0.25) is 0 Å². The molecule has 0 radical (unpaired) electrons. The number of hydrogen-bond donors (Lipinski definition) is 0. The third kappa shape index (κ3) is 3.66. The van der Waals surface area contributed by atoms with Crippen molar-refractivity contribution in [2.75, 3.05) is 0 Å². The Labute approximate surface area is 108 Å². The molecule has 0 aliphatic heterocycles. The lowest BCUT2D eigenvalue weighted by molar-refractivity contribution is 0.411. The van der Waals surface area contributed by atoms with Crippen molar-refractivity contribution in [2.45, 2.75) is 60.2 Å². The fraction of sp³-hybridized carbons (Fsp3) is 0.625. The van der Waals surface area contributed by atoms with E-state index >= 15 is 0 Å². The molecule has 0 aliphatic carbocycles. The molecule has 1 aromatic rings. The fourth-order valence-corrected chi connectivity index (χ4v) is 1.71. The lowest BCUT2D eigenvalue weighted by Crippen LogP contribution is -2.14. The van der Waals surface area contributed by atoms with E-state index < -0.39 is 18.6 Å². The summed E-state index contributed by atoms with van der Waals surface area (Å²) in [5, 5.41) is 0. The first-order valence-corrected chi connectivity index (χ1v) is 5.74. The molecule has 0 aliphatic rings. The van der Waals surface area contributed by atoms with Crippen molar-refractivity contribution in [3.05, 3.63) is 34.9 Å². The number of rotatable bonds is 1. The summed E-state index contributed by atoms with van der Waals surface area (Å²) in [7, 11) is 0. The Morgan fingerprint density at radius 2 is 1.75 bits per heavy atom. The zero-order valence-electron chi connectivity index (χ0n) is 16.2. The van der Waals surface area contributed by atoms with Gasteiger partial charge in [0.15, 0.2) is 0 Å².